The number of H-pyrrole nitrogens is 1. The highest BCUT2D eigenvalue weighted by molar-refractivity contribution is 7.71. The average molecular weight is 143 g/mol. The van der Waals surface area contributed by atoms with Crippen molar-refractivity contribution in [3.63, 3.8) is 0 Å². The average Bonchev–Trinajstić information content (AvgIpc) is 2.10. The number of aromatic nitrogens is 3. The number of carbonyl (C=O) groups is 1. The number of nitrogens with zero attached hydrogens (tertiary/aromatic N) is 2. The molecule has 0 radical (unpaired) electrons. The Labute approximate surface area is 56.5 Å². The van der Waals surface area contributed by atoms with Crippen LogP contribution in [0.3, 0.4) is 0 Å². The Morgan fingerprint density at radius 3 is 2.78 bits per heavy atom. The van der Waals surface area contributed by atoms with E-state index in [1.54, 1.807) is 6.92 Å². The number of hydrogen-bond donors (Lipinski definition) is 1. The van der Waals surface area contributed by atoms with Crippen LogP contribution < -0.4 is 0 Å². The van der Waals surface area contributed by atoms with E-state index < -0.39 is 0 Å². The molecule has 0 fully saturated rings. The van der Waals surface area contributed by atoms with Gasteiger partial charge in [-0.05, 0) is 19.1 Å². The third-order valence-electron chi connectivity index (χ3n) is 0.933. The first-order chi connectivity index (χ1) is 4.24. The molecule has 1 N–H and O–H groups in total. The van der Waals surface area contributed by atoms with Crippen molar-refractivity contribution in [2.45, 2.75) is 6.92 Å². The zero-order valence-electron chi connectivity index (χ0n) is 4.79. The van der Waals surface area contributed by atoms with Gasteiger partial charge in [-0.25, -0.2) is 9.67 Å². The minimum atomic E-state index is 0.333. The van der Waals surface area contributed by atoms with E-state index in [0.717, 1.165) is 0 Å². The summed E-state index contributed by atoms with van der Waals surface area (Å²) in [6.07, 6.45) is 0.623. The fourth-order valence-corrected chi connectivity index (χ4v) is 0.743. The zero-order valence-corrected chi connectivity index (χ0v) is 5.60. The molecule has 0 aliphatic rings. The van der Waals surface area contributed by atoms with E-state index in [1.165, 1.54) is 4.68 Å². The van der Waals surface area contributed by atoms with Gasteiger partial charge in [-0.3, -0.25) is 9.89 Å². The van der Waals surface area contributed by atoms with E-state index in [0.29, 0.717) is 17.0 Å². The topological polar surface area (TPSA) is 50.7 Å². The molecular weight excluding hydrogens is 138 g/mol. The summed E-state index contributed by atoms with van der Waals surface area (Å²) in [6, 6.07) is 0. The van der Waals surface area contributed by atoms with Crippen molar-refractivity contribution in [3.05, 3.63) is 10.6 Å². The monoisotopic (exact) mass is 143 g/mol. The molecule has 1 rings (SSSR count). The van der Waals surface area contributed by atoms with Gasteiger partial charge in [0.1, 0.15) is 5.82 Å². The van der Waals surface area contributed by atoms with Crippen molar-refractivity contribution in [3.8, 4) is 0 Å². The first-order valence-corrected chi connectivity index (χ1v) is 2.75. The normalized spacial score (nSPS) is 9.44. The molecule has 1 aromatic rings. The lowest BCUT2D eigenvalue weighted by Crippen LogP contribution is -1.98. The molecule has 0 saturated carbocycles. The molecule has 1 aromatic heterocycles. The summed E-state index contributed by atoms with van der Waals surface area (Å²) in [5.74, 6) is 0.579. The van der Waals surface area contributed by atoms with Crippen LogP contribution >= 0.6 is 12.2 Å². The maximum absolute atomic E-state index is 10.1. The van der Waals surface area contributed by atoms with E-state index in [4.69, 9.17) is 0 Å². The van der Waals surface area contributed by atoms with Gasteiger partial charge >= 0.3 is 0 Å². The van der Waals surface area contributed by atoms with Gasteiger partial charge in [-0.15, -0.1) is 0 Å². The number of carbonyl (C=O) groups excluding carboxylic acids is 1. The standard InChI is InChI=1S/C4H5N3OS/c1-3-5-4(9)6-7(3)2-8/h2H,1H3,(H,6,9). The van der Waals surface area contributed by atoms with Gasteiger partial charge < -0.3 is 0 Å². The van der Waals surface area contributed by atoms with Crippen LogP contribution in [0.5, 0.6) is 0 Å². The maximum Gasteiger partial charge on any atom is 0.234 e. The SMILES string of the molecule is Cc1nc(=S)[nH]n1C=O. The van der Waals surface area contributed by atoms with E-state index in [9.17, 15) is 4.79 Å². The van der Waals surface area contributed by atoms with Crippen LogP contribution in [-0.2, 0) is 4.79 Å². The van der Waals surface area contributed by atoms with Crippen LogP contribution in [0.4, 0.5) is 0 Å². The van der Waals surface area contributed by atoms with Crippen molar-refractivity contribution >= 4 is 18.6 Å². The second-order valence-electron chi connectivity index (χ2n) is 1.55. The lowest BCUT2D eigenvalue weighted by molar-refractivity contribution is 0.538. The van der Waals surface area contributed by atoms with Crippen molar-refractivity contribution in [1.29, 1.82) is 0 Å². The molecule has 0 saturated heterocycles. The summed E-state index contributed by atoms with van der Waals surface area (Å²) in [5.41, 5.74) is 0. The van der Waals surface area contributed by atoms with Crippen LogP contribution in [0.1, 0.15) is 5.82 Å². The number of aryl methyl sites for hydroxylation is 1. The van der Waals surface area contributed by atoms with Crippen molar-refractivity contribution in [1.82, 2.24) is 14.8 Å². The lowest BCUT2D eigenvalue weighted by atomic mass is 10.7. The Morgan fingerprint density at radius 1 is 1.89 bits per heavy atom. The predicted octanol–water partition coefficient (Wildman–Crippen LogP) is 0.287. The fraction of sp³-hybridized carbons (Fsp3) is 0.250. The molecule has 48 valence electrons. The summed E-state index contributed by atoms with van der Waals surface area (Å²) in [5, 5.41) is 2.55. The van der Waals surface area contributed by atoms with Gasteiger partial charge in [0, 0.05) is 0 Å². The van der Waals surface area contributed by atoms with E-state index >= 15 is 0 Å². The Bertz CT molecular complexity index is 274. The summed E-state index contributed by atoms with van der Waals surface area (Å²) < 4.78 is 1.56. The van der Waals surface area contributed by atoms with Crippen molar-refractivity contribution in [2.75, 3.05) is 0 Å². The molecule has 0 atom stereocenters. The highest BCUT2D eigenvalue weighted by Crippen LogP contribution is 1.86. The Hall–Kier alpha value is -0.970. The molecule has 0 aromatic carbocycles. The quantitative estimate of drug-likeness (QED) is 0.454. The Morgan fingerprint density at radius 2 is 2.56 bits per heavy atom. The lowest BCUT2D eigenvalue weighted by Gasteiger charge is -1.85. The van der Waals surface area contributed by atoms with Crippen molar-refractivity contribution in [2.24, 2.45) is 0 Å². The number of rotatable bonds is 1. The van der Waals surface area contributed by atoms with Gasteiger partial charge in [0.05, 0.1) is 0 Å². The van der Waals surface area contributed by atoms with Crippen LogP contribution in [0.15, 0.2) is 0 Å². The van der Waals surface area contributed by atoms with Crippen LogP contribution in [0, 0.1) is 11.7 Å². The van der Waals surface area contributed by atoms with Gasteiger partial charge in [0.2, 0.25) is 11.2 Å². The number of hydrogen-bond acceptors (Lipinski definition) is 3. The molecule has 0 spiro atoms. The summed E-state index contributed by atoms with van der Waals surface area (Å²) in [6.45, 7) is 1.70. The Kier molecular flexibility index (Phi) is 1.44. The molecule has 0 aliphatic carbocycles. The molecule has 9 heavy (non-hydrogen) atoms. The summed E-state index contributed by atoms with van der Waals surface area (Å²) in [4.78, 5) is 13.9. The number of nitrogens with one attached hydrogen (secondary N) is 1. The largest absolute Gasteiger partial charge is 0.276 e. The highest BCUT2D eigenvalue weighted by Gasteiger charge is 1.93. The summed E-state index contributed by atoms with van der Waals surface area (Å²) >= 11 is 4.64. The summed E-state index contributed by atoms with van der Waals surface area (Å²) in [7, 11) is 0. The second-order valence-corrected chi connectivity index (χ2v) is 1.94. The van der Waals surface area contributed by atoms with Gasteiger partial charge in [-0.1, -0.05) is 0 Å². The van der Waals surface area contributed by atoms with Crippen molar-refractivity contribution < 1.29 is 4.79 Å². The number of aromatic amines is 1. The van der Waals surface area contributed by atoms with E-state index in [1.807, 2.05) is 0 Å². The van der Waals surface area contributed by atoms with Crippen LogP contribution in [0.25, 0.3) is 0 Å². The zero-order chi connectivity index (χ0) is 6.85. The second kappa shape index (κ2) is 2.10. The molecule has 0 aliphatic heterocycles. The predicted molar refractivity (Wildman–Crippen MR) is 34.3 cm³/mol. The fourth-order valence-electron chi connectivity index (χ4n) is 0.512. The smallest absolute Gasteiger partial charge is 0.234 e. The Balaban J connectivity index is 3.31. The maximum atomic E-state index is 10.1. The molecule has 5 heteroatoms. The van der Waals surface area contributed by atoms with E-state index in [2.05, 4.69) is 22.3 Å². The van der Waals surface area contributed by atoms with Crippen LogP contribution in [-0.4, -0.2) is 21.2 Å². The van der Waals surface area contributed by atoms with E-state index in [-0.39, 0.29) is 0 Å². The molecule has 1 heterocycles. The minimum Gasteiger partial charge on any atom is -0.276 e. The molecule has 0 unspecified atom stereocenters. The van der Waals surface area contributed by atoms with Crippen LogP contribution in [0.2, 0.25) is 0 Å². The first-order valence-electron chi connectivity index (χ1n) is 2.34. The minimum absolute atomic E-state index is 0.333. The molecule has 0 amide bonds. The first kappa shape index (κ1) is 6.15. The highest BCUT2D eigenvalue weighted by atomic mass is 32.1. The molecule has 0 bridgehead atoms. The molecule has 4 nitrogen and oxygen atoms in total. The van der Waals surface area contributed by atoms with Gasteiger partial charge in [-0.2, -0.15) is 0 Å². The van der Waals surface area contributed by atoms with Gasteiger partial charge in [0.25, 0.3) is 0 Å². The van der Waals surface area contributed by atoms with Gasteiger partial charge in [0.15, 0.2) is 0 Å². The third-order valence-corrected chi connectivity index (χ3v) is 1.12. The third kappa shape index (κ3) is 1.05. The molecular formula is C4H5N3OS.